The molecule has 0 amide bonds. The van der Waals surface area contributed by atoms with Crippen molar-refractivity contribution in [2.75, 3.05) is 18.5 Å². The number of carbonyl (C=O) groups excluding carboxylic acids is 2. The van der Waals surface area contributed by atoms with Crippen molar-refractivity contribution < 1.29 is 9.59 Å². The average Bonchev–Trinajstić information content (AvgIpc) is 2.75. The summed E-state index contributed by atoms with van der Waals surface area (Å²) in [5.41, 5.74) is 3.64. The van der Waals surface area contributed by atoms with E-state index in [9.17, 15) is 9.59 Å². The van der Waals surface area contributed by atoms with Gasteiger partial charge in [0.15, 0.2) is 11.6 Å². The van der Waals surface area contributed by atoms with Gasteiger partial charge >= 0.3 is 0 Å². The van der Waals surface area contributed by atoms with Gasteiger partial charge in [0.1, 0.15) is 0 Å². The van der Waals surface area contributed by atoms with Crippen LogP contribution in [0.3, 0.4) is 0 Å². The van der Waals surface area contributed by atoms with Gasteiger partial charge in [-0.15, -0.1) is 0 Å². The van der Waals surface area contributed by atoms with Gasteiger partial charge in [-0.1, -0.05) is 18.2 Å². The number of aromatic nitrogens is 1. The number of benzene rings is 1. The molecule has 1 N–H and O–H groups in total. The highest BCUT2D eigenvalue weighted by Crippen LogP contribution is 2.20. The summed E-state index contributed by atoms with van der Waals surface area (Å²) in [7, 11) is 1.88. The minimum absolute atomic E-state index is 0.0169. The first-order chi connectivity index (χ1) is 9.91. The Labute approximate surface area is 124 Å². The largest absolute Gasteiger partial charge is 0.367 e. The second-order valence-electron chi connectivity index (χ2n) is 5.30. The number of aromatic amines is 1. The first-order valence-electron chi connectivity index (χ1n) is 6.91. The van der Waals surface area contributed by atoms with Crippen LogP contribution in [0.5, 0.6) is 0 Å². The van der Waals surface area contributed by atoms with Crippen LogP contribution >= 0.6 is 0 Å². The zero-order chi connectivity index (χ0) is 15.6. The Morgan fingerprint density at radius 2 is 1.76 bits per heavy atom. The molecule has 0 aliphatic heterocycles. The van der Waals surface area contributed by atoms with E-state index in [1.54, 1.807) is 0 Å². The minimum Gasteiger partial charge on any atom is -0.367 e. The first kappa shape index (κ1) is 15.0. The number of nitrogens with zero attached hydrogens (tertiary/aromatic N) is 1. The highest BCUT2D eigenvalue weighted by atomic mass is 16.1. The first-order valence-corrected chi connectivity index (χ1v) is 6.91. The normalized spacial score (nSPS) is 10.5. The fourth-order valence-corrected chi connectivity index (χ4v) is 2.63. The number of hydrogen-bond acceptors (Lipinski definition) is 3. The van der Waals surface area contributed by atoms with Crippen molar-refractivity contribution in [3.63, 3.8) is 0 Å². The van der Waals surface area contributed by atoms with Gasteiger partial charge in [0.05, 0.1) is 12.2 Å². The Bertz CT molecular complexity index is 672. The van der Waals surface area contributed by atoms with Crippen LogP contribution in [0, 0.1) is 13.8 Å². The number of carbonyl (C=O) groups is 2. The van der Waals surface area contributed by atoms with Crippen molar-refractivity contribution in [1.82, 2.24) is 4.98 Å². The topological polar surface area (TPSA) is 53.2 Å². The lowest BCUT2D eigenvalue weighted by Gasteiger charge is -2.18. The van der Waals surface area contributed by atoms with Gasteiger partial charge in [-0.2, -0.15) is 0 Å². The number of nitrogens with one attached hydrogen (secondary N) is 1. The van der Waals surface area contributed by atoms with E-state index in [2.05, 4.69) is 4.98 Å². The van der Waals surface area contributed by atoms with E-state index in [4.69, 9.17) is 0 Å². The molecule has 2 aromatic rings. The molecular weight excluding hydrogens is 264 g/mol. The Kier molecular flexibility index (Phi) is 4.26. The number of H-pyrrole nitrogens is 1. The Morgan fingerprint density at radius 3 is 2.29 bits per heavy atom. The summed E-state index contributed by atoms with van der Waals surface area (Å²) in [4.78, 5) is 29.0. The van der Waals surface area contributed by atoms with Crippen LogP contribution < -0.4 is 4.90 Å². The van der Waals surface area contributed by atoms with Crippen LogP contribution in [0.1, 0.15) is 39.0 Å². The molecule has 0 unspecified atom stereocenters. The molecule has 110 valence electrons. The predicted molar refractivity (Wildman–Crippen MR) is 84.3 cm³/mol. The fraction of sp³-hybridized carbons (Fsp3) is 0.294. The van der Waals surface area contributed by atoms with Gasteiger partial charge in [-0.05, 0) is 38.5 Å². The number of aryl methyl sites for hydroxylation is 1. The maximum atomic E-state index is 12.5. The molecule has 21 heavy (non-hydrogen) atoms. The van der Waals surface area contributed by atoms with Crippen LogP contribution in [0.25, 0.3) is 0 Å². The molecule has 0 aliphatic carbocycles. The summed E-state index contributed by atoms with van der Waals surface area (Å²) in [6, 6.07) is 9.74. The summed E-state index contributed by atoms with van der Waals surface area (Å²) in [5.74, 6) is -0.0360. The van der Waals surface area contributed by atoms with Crippen molar-refractivity contribution in [2.45, 2.75) is 20.8 Å². The average molecular weight is 284 g/mol. The number of Topliss-reactive ketones (excluding diaryl/α,β-unsaturated/α-hetero) is 2. The van der Waals surface area contributed by atoms with E-state index in [0.29, 0.717) is 11.3 Å². The number of hydrogen-bond donors (Lipinski definition) is 1. The molecule has 0 atom stereocenters. The van der Waals surface area contributed by atoms with E-state index < -0.39 is 0 Å². The molecule has 0 radical (unpaired) electrons. The molecule has 1 aromatic carbocycles. The molecule has 4 nitrogen and oxygen atoms in total. The maximum absolute atomic E-state index is 12.5. The van der Waals surface area contributed by atoms with Crippen molar-refractivity contribution in [2.24, 2.45) is 0 Å². The minimum atomic E-state index is -0.0190. The van der Waals surface area contributed by atoms with Crippen LogP contribution in [0.4, 0.5) is 5.69 Å². The van der Waals surface area contributed by atoms with E-state index in [1.807, 2.05) is 56.1 Å². The van der Waals surface area contributed by atoms with Crippen molar-refractivity contribution in [3.05, 3.63) is 52.8 Å². The summed E-state index contributed by atoms with van der Waals surface area (Å²) >= 11 is 0. The third-order valence-electron chi connectivity index (χ3n) is 3.65. The van der Waals surface area contributed by atoms with Crippen LogP contribution in [-0.2, 0) is 0 Å². The molecule has 1 aromatic heterocycles. The number of rotatable bonds is 5. The van der Waals surface area contributed by atoms with Gasteiger partial charge in [-0.3, -0.25) is 9.59 Å². The molecule has 0 aliphatic rings. The lowest BCUT2D eigenvalue weighted by molar-refractivity contribution is 0.0994. The summed E-state index contributed by atoms with van der Waals surface area (Å²) in [5, 5.41) is 0. The molecule has 0 fully saturated rings. The third-order valence-corrected chi connectivity index (χ3v) is 3.65. The molecule has 2 rings (SSSR count). The molecule has 0 bridgehead atoms. The van der Waals surface area contributed by atoms with Gasteiger partial charge in [0.2, 0.25) is 0 Å². The Morgan fingerprint density at radius 1 is 1.14 bits per heavy atom. The molecule has 0 saturated heterocycles. The highest BCUT2D eigenvalue weighted by molar-refractivity contribution is 6.04. The SMILES string of the molecule is CC(=O)c1c(C)[nH]c(C(=O)CN(C)c2ccccc2)c1C. The van der Waals surface area contributed by atoms with Crippen LogP contribution in [-0.4, -0.2) is 30.1 Å². The van der Waals surface area contributed by atoms with Crippen molar-refractivity contribution >= 4 is 17.3 Å². The standard InChI is InChI=1S/C17H20N2O2/c1-11-16(13(3)20)12(2)18-17(11)15(21)10-19(4)14-8-6-5-7-9-14/h5-9,18H,10H2,1-4H3. The lowest BCUT2D eigenvalue weighted by atomic mass is 10.1. The van der Waals surface area contributed by atoms with E-state index in [1.165, 1.54) is 6.92 Å². The number of likely N-dealkylation sites (N-methyl/N-ethyl adjacent to an activating group) is 1. The second-order valence-corrected chi connectivity index (χ2v) is 5.30. The summed E-state index contributed by atoms with van der Waals surface area (Å²) < 4.78 is 0. The summed E-state index contributed by atoms with van der Waals surface area (Å²) in [6.07, 6.45) is 0. The number of anilines is 1. The number of para-hydroxylation sites is 1. The molecule has 4 heteroatoms. The molecule has 1 heterocycles. The third kappa shape index (κ3) is 3.05. The van der Waals surface area contributed by atoms with Crippen molar-refractivity contribution in [1.29, 1.82) is 0 Å². The number of ketones is 2. The second kappa shape index (κ2) is 5.95. The van der Waals surface area contributed by atoms with Crippen LogP contribution in [0.15, 0.2) is 30.3 Å². The van der Waals surface area contributed by atoms with Gasteiger partial charge in [-0.25, -0.2) is 0 Å². The molecule has 0 saturated carbocycles. The Hall–Kier alpha value is -2.36. The van der Waals surface area contributed by atoms with Gasteiger partial charge < -0.3 is 9.88 Å². The van der Waals surface area contributed by atoms with Crippen LogP contribution in [0.2, 0.25) is 0 Å². The van der Waals surface area contributed by atoms with E-state index >= 15 is 0 Å². The molecule has 0 spiro atoms. The highest BCUT2D eigenvalue weighted by Gasteiger charge is 2.20. The van der Waals surface area contributed by atoms with Crippen molar-refractivity contribution in [3.8, 4) is 0 Å². The fourth-order valence-electron chi connectivity index (χ4n) is 2.63. The molecular formula is C17H20N2O2. The van der Waals surface area contributed by atoms with E-state index in [0.717, 1.165) is 16.9 Å². The zero-order valence-electron chi connectivity index (χ0n) is 12.9. The zero-order valence-corrected chi connectivity index (χ0v) is 12.9. The maximum Gasteiger partial charge on any atom is 0.198 e. The predicted octanol–water partition coefficient (Wildman–Crippen LogP) is 3.15. The lowest BCUT2D eigenvalue weighted by Crippen LogP contribution is -2.26. The van der Waals surface area contributed by atoms with Gasteiger partial charge in [0, 0.05) is 24.0 Å². The Balaban J connectivity index is 2.22. The smallest absolute Gasteiger partial charge is 0.198 e. The quantitative estimate of drug-likeness (QED) is 0.858. The monoisotopic (exact) mass is 284 g/mol. The summed E-state index contributed by atoms with van der Waals surface area (Å²) in [6.45, 7) is 5.42. The van der Waals surface area contributed by atoms with Gasteiger partial charge in [0.25, 0.3) is 0 Å². The van der Waals surface area contributed by atoms with E-state index in [-0.39, 0.29) is 18.1 Å².